The number of hydrogen-bond acceptors (Lipinski definition) is 6. The van der Waals surface area contributed by atoms with Crippen LogP contribution in [-0.4, -0.2) is 14.9 Å². The van der Waals surface area contributed by atoms with E-state index in [9.17, 15) is 10.1 Å². The Hall–Kier alpha value is -2.02. The van der Waals surface area contributed by atoms with Gasteiger partial charge in [0.1, 0.15) is 12.0 Å². The zero-order chi connectivity index (χ0) is 14.0. The smallest absolute Gasteiger partial charge is 0.290 e. The number of thiazole rings is 1. The molecule has 0 spiro atoms. The van der Waals surface area contributed by atoms with E-state index in [1.165, 1.54) is 11.1 Å². The number of pyridine rings is 1. The molecule has 0 fully saturated rings. The molecule has 0 radical (unpaired) electrons. The van der Waals surface area contributed by atoms with E-state index < -0.39 is 4.92 Å². The highest BCUT2D eigenvalue weighted by Gasteiger charge is 2.11. The van der Waals surface area contributed by atoms with E-state index in [0.29, 0.717) is 17.9 Å². The Balaban J connectivity index is 2.10. The van der Waals surface area contributed by atoms with Gasteiger partial charge in [-0.05, 0) is 26.8 Å². The molecule has 6 nitrogen and oxygen atoms in total. The summed E-state index contributed by atoms with van der Waals surface area (Å²) < 4.78 is 0. The molecule has 0 saturated carbocycles. The van der Waals surface area contributed by atoms with Crippen LogP contribution in [0.1, 0.15) is 21.1 Å². The molecule has 2 aromatic rings. The van der Waals surface area contributed by atoms with Crippen LogP contribution in [0.25, 0.3) is 0 Å². The fourth-order valence-electron chi connectivity index (χ4n) is 1.75. The first-order chi connectivity index (χ1) is 8.97. The van der Waals surface area contributed by atoms with Gasteiger partial charge in [-0.3, -0.25) is 10.1 Å². The lowest BCUT2D eigenvalue weighted by atomic mass is 10.2. The molecule has 0 aliphatic rings. The van der Waals surface area contributed by atoms with Crippen LogP contribution in [0.15, 0.2) is 12.3 Å². The topological polar surface area (TPSA) is 81.0 Å². The Kier molecular flexibility index (Phi) is 3.75. The molecule has 100 valence electrons. The van der Waals surface area contributed by atoms with Crippen molar-refractivity contribution < 1.29 is 4.92 Å². The summed E-state index contributed by atoms with van der Waals surface area (Å²) >= 11 is 1.65. The molecule has 0 aliphatic heterocycles. The lowest BCUT2D eigenvalue weighted by Gasteiger charge is -2.05. The number of nitro groups is 1. The molecule has 0 saturated heterocycles. The van der Waals surface area contributed by atoms with Crippen LogP contribution >= 0.6 is 11.3 Å². The van der Waals surface area contributed by atoms with Crippen LogP contribution in [0.5, 0.6) is 0 Å². The minimum Gasteiger partial charge on any atom is -0.364 e. The number of anilines is 1. The number of nitrogens with zero attached hydrogens (tertiary/aromatic N) is 3. The quantitative estimate of drug-likeness (QED) is 0.687. The zero-order valence-electron chi connectivity index (χ0n) is 10.9. The van der Waals surface area contributed by atoms with Crippen molar-refractivity contribution >= 4 is 22.8 Å². The van der Waals surface area contributed by atoms with Gasteiger partial charge in [0.25, 0.3) is 5.69 Å². The number of rotatable bonds is 4. The highest BCUT2D eigenvalue weighted by molar-refractivity contribution is 7.11. The Morgan fingerprint density at radius 3 is 2.68 bits per heavy atom. The van der Waals surface area contributed by atoms with Crippen LogP contribution in [0.2, 0.25) is 0 Å². The summed E-state index contributed by atoms with van der Waals surface area (Å²) in [6, 6.07) is 1.67. The van der Waals surface area contributed by atoms with Gasteiger partial charge in [0.2, 0.25) is 0 Å². The first-order valence-electron chi connectivity index (χ1n) is 5.75. The van der Waals surface area contributed by atoms with E-state index >= 15 is 0 Å². The third-order valence-corrected chi connectivity index (χ3v) is 3.64. The molecular weight excluding hydrogens is 264 g/mol. The largest absolute Gasteiger partial charge is 0.364 e. The SMILES string of the molecule is Cc1nc(CNc2cc(C)c([N+](=O)[O-])cn2)c(C)s1. The Bertz CT molecular complexity index is 624. The van der Waals surface area contributed by atoms with E-state index in [2.05, 4.69) is 15.3 Å². The van der Waals surface area contributed by atoms with Crippen LogP contribution in [0.3, 0.4) is 0 Å². The number of hydrogen-bond donors (Lipinski definition) is 1. The highest BCUT2D eigenvalue weighted by Crippen LogP contribution is 2.20. The number of aryl methyl sites for hydroxylation is 3. The van der Waals surface area contributed by atoms with Crippen molar-refractivity contribution in [1.82, 2.24) is 9.97 Å². The molecule has 2 aromatic heterocycles. The van der Waals surface area contributed by atoms with Crippen molar-refractivity contribution in [1.29, 1.82) is 0 Å². The maximum Gasteiger partial charge on any atom is 0.290 e. The molecule has 0 bridgehead atoms. The summed E-state index contributed by atoms with van der Waals surface area (Å²) in [5.41, 5.74) is 1.61. The second-order valence-electron chi connectivity index (χ2n) is 4.20. The molecule has 0 aliphatic carbocycles. The second-order valence-corrected chi connectivity index (χ2v) is 5.61. The van der Waals surface area contributed by atoms with Gasteiger partial charge < -0.3 is 5.32 Å². The van der Waals surface area contributed by atoms with E-state index in [0.717, 1.165) is 10.7 Å². The lowest BCUT2D eigenvalue weighted by Crippen LogP contribution is -2.04. The van der Waals surface area contributed by atoms with E-state index in [1.54, 1.807) is 24.3 Å². The van der Waals surface area contributed by atoms with Crippen LogP contribution < -0.4 is 5.32 Å². The van der Waals surface area contributed by atoms with Crippen molar-refractivity contribution in [3.05, 3.63) is 43.5 Å². The molecule has 2 heterocycles. The van der Waals surface area contributed by atoms with Gasteiger partial charge >= 0.3 is 0 Å². The van der Waals surface area contributed by atoms with Gasteiger partial charge in [-0.2, -0.15) is 0 Å². The third kappa shape index (κ3) is 3.05. The second kappa shape index (κ2) is 5.31. The monoisotopic (exact) mass is 278 g/mol. The molecular formula is C12H14N4O2S. The highest BCUT2D eigenvalue weighted by atomic mass is 32.1. The molecule has 0 aromatic carbocycles. The average Bonchev–Trinajstić information content (AvgIpc) is 2.65. The zero-order valence-corrected chi connectivity index (χ0v) is 11.7. The molecule has 0 atom stereocenters. The van der Waals surface area contributed by atoms with Crippen molar-refractivity contribution in [3.8, 4) is 0 Å². The average molecular weight is 278 g/mol. The van der Waals surface area contributed by atoms with Crippen molar-refractivity contribution in [2.75, 3.05) is 5.32 Å². The maximum atomic E-state index is 10.7. The van der Waals surface area contributed by atoms with Gasteiger partial charge in [-0.25, -0.2) is 9.97 Å². The molecule has 2 rings (SSSR count). The van der Waals surface area contributed by atoms with Gasteiger partial charge in [-0.1, -0.05) is 0 Å². The molecule has 7 heteroatoms. The lowest BCUT2D eigenvalue weighted by molar-refractivity contribution is -0.385. The minimum atomic E-state index is -0.431. The van der Waals surface area contributed by atoms with Crippen molar-refractivity contribution in [2.24, 2.45) is 0 Å². The van der Waals surface area contributed by atoms with Gasteiger partial charge in [-0.15, -0.1) is 11.3 Å². The van der Waals surface area contributed by atoms with E-state index in [1.807, 2.05) is 13.8 Å². The molecule has 0 unspecified atom stereocenters. The van der Waals surface area contributed by atoms with Crippen LogP contribution in [0, 0.1) is 30.9 Å². The summed E-state index contributed by atoms with van der Waals surface area (Å²) in [5.74, 6) is 0.619. The number of nitrogens with one attached hydrogen (secondary N) is 1. The van der Waals surface area contributed by atoms with E-state index in [4.69, 9.17) is 0 Å². The minimum absolute atomic E-state index is 0.0335. The molecule has 0 amide bonds. The van der Waals surface area contributed by atoms with Gasteiger partial charge in [0.05, 0.1) is 22.2 Å². The standard InChI is InChI=1S/C12H14N4O2S/c1-7-4-12(14-6-11(7)16(17)18)13-5-10-8(2)19-9(3)15-10/h4,6H,5H2,1-3H3,(H,13,14). The predicted octanol–water partition coefficient (Wildman–Crippen LogP) is 2.98. The Morgan fingerprint density at radius 1 is 1.42 bits per heavy atom. The van der Waals surface area contributed by atoms with Gasteiger partial charge in [0.15, 0.2) is 0 Å². The number of aromatic nitrogens is 2. The summed E-state index contributed by atoms with van der Waals surface area (Å²) in [6.07, 6.45) is 1.27. The van der Waals surface area contributed by atoms with Crippen LogP contribution in [0.4, 0.5) is 11.5 Å². The maximum absolute atomic E-state index is 10.7. The third-order valence-electron chi connectivity index (χ3n) is 2.72. The fraction of sp³-hybridized carbons (Fsp3) is 0.333. The fourth-order valence-corrected chi connectivity index (χ4v) is 2.58. The molecule has 1 N–H and O–H groups in total. The van der Waals surface area contributed by atoms with Crippen LogP contribution in [-0.2, 0) is 6.54 Å². The summed E-state index contributed by atoms with van der Waals surface area (Å²) in [7, 11) is 0. The summed E-state index contributed by atoms with van der Waals surface area (Å²) in [6.45, 7) is 6.26. The van der Waals surface area contributed by atoms with Crippen molar-refractivity contribution in [2.45, 2.75) is 27.3 Å². The molecule has 19 heavy (non-hydrogen) atoms. The Morgan fingerprint density at radius 2 is 2.16 bits per heavy atom. The normalized spacial score (nSPS) is 10.5. The Labute approximate surface area is 114 Å². The van der Waals surface area contributed by atoms with Gasteiger partial charge in [0, 0.05) is 10.4 Å². The first kappa shape index (κ1) is 13.4. The summed E-state index contributed by atoms with van der Waals surface area (Å²) in [5, 5.41) is 14.9. The van der Waals surface area contributed by atoms with Crippen molar-refractivity contribution in [3.63, 3.8) is 0 Å². The first-order valence-corrected chi connectivity index (χ1v) is 6.57. The predicted molar refractivity (Wildman–Crippen MR) is 74.5 cm³/mol. The van der Waals surface area contributed by atoms with E-state index in [-0.39, 0.29) is 5.69 Å². The summed E-state index contributed by atoms with van der Waals surface area (Å²) in [4.78, 5) is 19.9.